The van der Waals surface area contributed by atoms with E-state index in [0.717, 1.165) is 199 Å². The summed E-state index contributed by atoms with van der Waals surface area (Å²) in [5.74, 6) is 4.74. The Morgan fingerprint density at radius 2 is 0.790 bits per heavy atom. The first kappa shape index (κ1) is 99.9. The van der Waals surface area contributed by atoms with Gasteiger partial charge in [-0.15, -0.1) is 0 Å². The van der Waals surface area contributed by atoms with Crippen LogP contribution in [0, 0.1) is 17.8 Å². The first-order chi connectivity index (χ1) is 67.7. The lowest BCUT2D eigenvalue weighted by atomic mass is 9.90. The third kappa shape index (κ3) is 26.9. The smallest absolute Gasteiger partial charge is 0.409 e. The molecule has 15 heterocycles. The van der Waals surface area contributed by atoms with Crippen molar-refractivity contribution in [1.82, 2.24) is 87.5 Å². The van der Waals surface area contributed by atoms with Gasteiger partial charge >= 0.3 is 12.2 Å². The molecule has 21 rings (SSSR count). The summed E-state index contributed by atoms with van der Waals surface area (Å²) in [5, 5.41) is 16.1. The predicted molar refractivity (Wildman–Crippen MR) is 542 cm³/mol. The van der Waals surface area contributed by atoms with Crippen molar-refractivity contribution in [3.05, 3.63) is 340 Å². The SMILES string of the molecule is CCOC(=O)N1CCC(C(=O)Cl)CC1.CCOC(=O)N1CCC(C(=O)c2nccn2CCc2ccccc2)CC1.CN1CCC(=C2c3ccccc3CCn3c(CO)cnc32)CC1.CN1CCC(=C2c3ccccc3CCn3ccnc32)CC1.O=C(c1nccn1CCc1ccccc1)C1CCNCC1.c1ccc(CCn2ccnc2)cc1.c1ccc2c(c1)CCn1ccnc1C2=C1CCNCC1. The van der Waals surface area contributed by atoms with E-state index >= 15 is 0 Å². The number of imidazole rings is 6. The number of carbonyl (C=O) groups is 5. The van der Waals surface area contributed by atoms with Crippen molar-refractivity contribution in [2.75, 3.05) is 106 Å². The minimum atomic E-state index is -0.298. The number of ether oxygens (including phenoxy) is 2. The zero-order valence-electron chi connectivity index (χ0n) is 80.7. The molecule has 0 radical (unpaired) electrons. The van der Waals surface area contributed by atoms with Crippen molar-refractivity contribution in [2.45, 2.75) is 175 Å². The molecule has 6 aromatic heterocycles. The molecule has 2 amide bonds. The molecule has 138 heavy (non-hydrogen) atoms. The van der Waals surface area contributed by atoms with Crippen molar-refractivity contribution < 1.29 is 38.6 Å². The maximum absolute atomic E-state index is 12.9. The van der Waals surface area contributed by atoms with Gasteiger partial charge in [0.1, 0.15) is 17.5 Å². The topological polar surface area (TPSA) is 268 Å². The molecule has 6 fully saturated rings. The number of nitrogens with one attached hydrogen (secondary N) is 2. The Labute approximate surface area is 817 Å². The van der Waals surface area contributed by atoms with Crippen molar-refractivity contribution in [1.29, 1.82) is 0 Å². The Hall–Kier alpha value is -12.6. The molecule has 6 aromatic carbocycles. The van der Waals surface area contributed by atoms with Crippen LogP contribution in [0.1, 0.15) is 185 Å². The molecule has 0 atom stereocenters. The Morgan fingerprint density at radius 1 is 0.399 bits per heavy atom. The van der Waals surface area contributed by atoms with Crippen LogP contribution in [0.5, 0.6) is 0 Å². The zero-order valence-corrected chi connectivity index (χ0v) is 81.4. The molecule has 26 nitrogen and oxygen atoms in total. The lowest BCUT2D eigenvalue weighted by Gasteiger charge is -2.30. The Morgan fingerprint density at radius 3 is 1.22 bits per heavy atom. The summed E-state index contributed by atoms with van der Waals surface area (Å²) in [5.41, 5.74) is 22.0. The number of hydrogen-bond acceptors (Lipinski definition) is 18. The highest BCUT2D eigenvalue weighted by atomic mass is 35.5. The molecular formula is C111H135ClN18O8. The second-order valence-corrected chi connectivity index (χ2v) is 37.0. The van der Waals surface area contributed by atoms with Crippen molar-refractivity contribution in [2.24, 2.45) is 17.8 Å². The number of rotatable bonds is 17. The van der Waals surface area contributed by atoms with Crippen LogP contribution in [0.3, 0.4) is 0 Å². The van der Waals surface area contributed by atoms with Crippen LogP contribution >= 0.6 is 11.6 Å². The van der Waals surface area contributed by atoms with E-state index in [-0.39, 0.29) is 53.4 Å². The van der Waals surface area contributed by atoms with Crippen LogP contribution in [0.15, 0.2) is 255 Å². The van der Waals surface area contributed by atoms with Gasteiger partial charge in [-0.25, -0.2) is 39.5 Å². The van der Waals surface area contributed by atoms with Gasteiger partial charge in [0.25, 0.3) is 0 Å². The number of aryl methyl sites for hydroxylation is 11. The predicted octanol–water partition coefficient (Wildman–Crippen LogP) is 17.3. The number of aromatic nitrogens is 12. The summed E-state index contributed by atoms with van der Waals surface area (Å²) in [7, 11) is 4.40. The molecule has 0 aliphatic carbocycles. The normalized spacial score (nSPS) is 16.7. The van der Waals surface area contributed by atoms with E-state index in [0.29, 0.717) is 76.7 Å². The molecule has 6 saturated heterocycles. The van der Waals surface area contributed by atoms with Crippen LogP contribution in [0.25, 0.3) is 16.7 Å². The third-order valence-electron chi connectivity index (χ3n) is 27.7. The number of carbonyl (C=O) groups excluding carboxylic acids is 5. The van der Waals surface area contributed by atoms with Gasteiger partial charge in [-0.1, -0.05) is 181 Å². The number of fused-ring (bicyclic) bond motifs is 6. The van der Waals surface area contributed by atoms with Gasteiger partial charge in [0.15, 0.2) is 11.6 Å². The number of aliphatic hydroxyl groups is 1. The Balaban J connectivity index is 0.000000123. The maximum Gasteiger partial charge on any atom is 0.409 e. The number of likely N-dealkylation sites (tertiary alicyclic amines) is 4. The fraction of sp³-hybridized carbons (Fsp3) is 0.414. The molecule has 0 spiro atoms. The summed E-state index contributed by atoms with van der Waals surface area (Å²) < 4.78 is 22.7. The number of hydrogen-bond donors (Lipinski definition) is 3. The van der Waals surface area contributed by atoms with Gasteiger partial charge in [-0.2, -0.15) is 0 Å². The van der Waals surface area contributed by atoms with Gasteiger partial charge in [0, 0.05) is 188 Å². The van der Waals surface area contributed by atoms with E-state index in [4.69, 9.17) is 26.1 Å². The van der Waals surface area contributed by atoms with Gasteiger partial charge < -0.3 is 72.2 Å². The van der Waals surface area contributed by atoms with E-state index < -0.39 is 0 Å². The van der Waals surface area contributed by atoms with Crippen LogP contribution < -0.4 is 10.6 Å². The summed E-state index contributed by atoms with van der Waals surface area (Å²) in [6, 6.07) is 57.5. The van der Waals surface area contributed by atoms with E-state index in [1.807, 2.05) is 101 Å². The number of amides is 2. The number of Topliss-reactive ketones (excluding diaryl/α,β-unsaturated/α-hetero) is 2. The number of nitrogens with zero attached hydrogens (tertiary/aromatic N) is 16. The number of piperidine rings is 6. The molecule has 12 aromatic rings. The molecule has 3 N–H and O–H groups in total. The van der Waals surface area contributed by atoms with E-state index in [9.17, 15) is 29.1 Å². The second-order valence-electron chi connectivity index (χ2n) is 36.7. The fourth-order valence-corrected chi connectivity index (χ4v) is 20.0. The summed E-state index contributed by atoms with van der Waals surface area (Å²) in [6.07, 6.45) is 39.5. The second kappa shape index (κ2) is 51.2. The summed E-state index contributed by atoms with van der Waals surface area (Å²) >= 11 is 5.37. The molecule has 9 aliphatic heterocycles. The number of aliphatic hydroxyl groups excluding tert-OH is 1. The lowest BCUT2D eigenvalue weighted by Crippen LogP contribution is -2.41. The number of ketones is 2. The fourth-order valence-electron chi connectivity index (χ4n) is 19.8. The third-order valence-corrected chi connectivity index (χ3v) is 28.0. The minimum absolute atomic E-state index is 0.0503. The highest BCUT2D eigenvalue weighted by Gasteiger charge is 2.34. The molecule has 0 saturated carbocycles. The molecule has 0 bridgehead atoms. The van der Waals surface area contributed by atoms with Crippen molar-refractivity contribution >= 4 is 57.3 Å². The first-order valence-electron chi connectivity index (χ1n) is 49.8. The number of halogens is 1. The van der Waals surface area contributed by atoms with Gasteiger partial charge in [-0.3, -0.25) is 14.4 Å². The van der Waals surface area contributed by atoms with Crippen LogP contribution in [-0.4, -0.2) is 217 Å². The quantitative estimate of drug-likeness (QED) is 0.0565. The summed E-state index contributed by atoms with van der Waals surface area (Å²) in [6.45, 7) is 20.6. The number of benzene rings is 6. The van der Waals surface area contributed by atoms with Crippen LogP contribution in [0.2, 0.25) is 0 Å². The average Bonchev–Trinajstić information content (AvgIpc) is 1.64. The first-order valence-corrected chi connectivity index (χ1v) is 50.1. The van der Waals surface area contributed by atoms with Gasteiger partial charge in [-0.05, 0) is 231 Å². The van der Waals surface area contributed by atoms with Crippen molar-refractivity contribution in [3.63, 3.8) is 0 Å². The van der Waals surface area contributed by atoms with E-state index in [1.54, 1.807) is 47.2 Å². The van der Waals surface area contributed by atoms with E-state index in [1.165, 1.54) is 78.2 Å². The molecule has 724 valence electrons. The standard InChI is InChI=1S/C20H25N3O3.C19H23N3O.C18H21N3.C17H21N3O.C17H19N3.C11H12N2.C9H14ClNO3/c1-2-26-20(25)23-13-9-17(10-14-23)18(24)19-21-11-15-22(19)12-8-16-6-4-3-5-7-16;1-21-9-6-15(7-10-21)18-17-5-3-2-4-14(17)8-11-22-16(13-23)12-20-19(18)22;1-20-10-6-15(7-11-20)17-16-5-3-2-4-14(16)8-12-21-13-9-19-18(17)21;21-16(15-6-9-18-10-7-15)17-19-11-13-20(17)12-8-14-4-2-1-3-5-14;1-2-4-15-13(3-1)7-11-20-12-10-19-17(20)16(15)14-5-8-18-9-6-14;1-2-4-11(5-3-1)6-8-13-9-7-12-10-13;1-2-14-9(13)11-5-3-7(4-6-11)8(10)12/h3-7,11,15,17H,2,8-10,12-14H2,1H3;2-5,12,23H,6-11,13H2,1H3;2-5,9,13H,6-8,10-12H2,1H3;1-5,11,13,15,18H,6-10,12H2;1-4,10,12,18H,5-9,11H2;1-5,7,9-10H,6,8H2;7H,2-6H2,1H3. The Kier molecular flexibility index (Phi) is 37.1. The van der Waals surface area contributed by atoms with Crippen molar-refractivity contribution in [3.8, 4) is 0 Å². The van der Waals surface area contributed by atoms with E-state index in [2.05, 4.69) is 211 Å². The molecule has 27 heteroatoms. The largest absolute Gasteiger partial charge is 0.450 e. The van der Waals surface area contributed by atoms with Gasteiger partial charge in [0.05, 0.1) is 38.0 Å². The Bertz CT molecular complexity index is 5980. The highest BCUT2D eigenvalue weighted by Crippen LogP contribution is 2.40. The van der Waals surface area contributed by atoms with Crippen LogP contribution in [-0.2, 0) is 98.7 Å². The lowest BCUT2D eigenvalue weighted by molar-refractivity contribution is -0.116. The average molecular weight is 1880 g/mol. The highest BCUT2D eigenvalue weighted by molar-refractivity contribution is 6.64. The minimum Gasteiger partial charge on any atom is -0.450 e. The maximum atomic E-state index is 12.9. The van der Waals surface area contributed by atoms with Gasteiger partial charge in [0.2, 0.25) is 16.8 Å². The summed E-state index contributed by atoms with van der Waals surface area (Å²) in [4.78, 5) is 94.0. The zero-order chi connectivity index (χ0) is 95.7. The molecule has 9 aliphatic rings. The molecule has 0 unspecified atom stereocenters. The van der Waals surface area contributed by atoms with Crippen LogP contribution in [0.4, 0.5) is 9.59 Å². The monoisotopic (exact) mass is 1880 g/mol. The molecular weight excluding hydrogens is 1750 g/mol.